The molecule has 2 saturated heterocycles. The van der Waals surface area contributed by atoms with E-state index in [-0.39, 0.29) is 6.03 Å². The number of carbonyl (C=O) groups excluding carboxylic acids is 1. The number of aromatic nitrogens is 1. The maximum atomic E-state index is 13.0. The van der Waals surface area contributed by atoms with Crippen molar-refractivity contribution in [2.45, 2.75) is 51.9 Å². The average Bonchev–Trinajstić information content (AvgIpc) is 3.21. The number of hydrogen-bond acceptors (Lipinski definition) is 6. The van der Waals surface area contributed by atoms with Gasteiger partial charge < -0.3 is 19.4 Å². The predicted octanol–water partition coefficient (Wildman–Crippen LogP) is 5.19. The number of methoxy groups -OCH3 is 1. The Kier molecular flexibility index (Phi) is 9.80. The number of benzene rings is 1. The van der Waals surface area contributed by atoms with Gasteiger partial charge in [-0.15, -0.1) is 11.3 Å². The number of thiazole rings is 1. The molecule has 2 aromatic rings. The largest absolute Gasteiger partial charge is 0.496 e. The highest BCUT2D eigenvalue weighted by molar-refractivity contribution is 7.14. The molecule has 2 aliphatic rings. The van der Waals surface area contributed by atoms with Crippen LogP contribution in [0.1, 0.15) is 51.0 Å². The van der Waals surface area contributed by atoms with E-state index in [1.165, 1.54) is 62.2 Å². The van der Waals surface area contributed by atoms with Crippen LogP contribution < -0.4 is 10.1 Å². The van der Waals surface area contributed by atoms with Gasteiger partial charge in [0.15, 0.2) is 5.13 Å². The summed E-state index contributed by atoms with van der Waals surface area (Å²) in [5.41, 5.74) is 3.09. The van der Waals surface area contributed by atoms with Crippen molar-refractivity contribution in [3.05, 3.63) is 29.1 Å². The number of anilines is 1. The number of aryl methyl sites for hydroxylation is 1. The van der Waals surface area contributed by atoms with E-state index in [1.807, 2.05) is 16.3 Å². The Labute approximate surface area is 214 Å². The normalized spacial score (nSPS) is 17.8. The summed E-state index contributed by atoms with van der Waals surface area (Å²) < 4.78 is 5.57. The van der Waals surface area contributed by atoms with Gasteiger partial charge in [0.25, 0.3) is 0 Å². The van der Waals surface area contributed by atoms with Crippen LogP contribution in [-0.2, 0) is 6.42 Å². The number of urea groups is 1. The lowest BCUT2D eigenvalue weighted by atomic mass is 10.0. The number of rotatable bonds is 9. The second-order valence-electron chi connectivity index (χ2n) is 9.69. The number of hydrogen-bond donors (Lipinski definition) is 1. The summed E-state index contributed by atoms with van der Waals surface area (Å²) in [5.74, 6) is 0.806. The van der Waals surface area contributed by atoms with Gasteiger partial charge in [-0.2, -0.15) is 0 Å². The first kappa shape index (κ1) is 25.9. The zero-order valence-electron chi connectivity index (χ0n) is 21.4. The Hall–Kier alpha value is -2.16. The minimum atomic E-state index is -0.0484. The fraction of sp³-hybridized carbons (Fsp3) is 0.630. The number of piperidine rings is 1. The van der Waals surface area contributed by atoms with E-state index in [9.17, 15) is 4.79 Å². The molecule has 2 fully saturated rings. The third kappa shape index (κ3) is 7.41. The van der Waals surface area contributed by atoms with Crippen LogP contribution in [0, 0.1) is 0 Å². The van der Waals surface area contributed by atoms with E-state index in [1.54, 1.807) is 7.11 Å². The van der Waals surface area contributed by atoms with E-state index in [0.717, 1.165) is 69.0 Å². The highest BCUT2D eigenvalue weighted by atomic mass is 32.1. The first-order valence-electron chi connectivity index (χ1n) is 13.3. The summed E-state index contributed by atoms with van der Waals surface area (Å²) in [6.45, 7) is 10.6. The molecular formula is C27H41N5O2S. The van der Waals surface area contributed by atoms with Gasteiger partial charge in [-0.25, -0.2) is 9.78 Å². The lowest BCUT2D eigenvalue weighted by Gasteiger charge is -2.28. The number of nitrogens with zero attached hydrogens (tertiary/aromatic N) is 4. The quantitative estimate of drug-likeness (QED) is 0.515. The molecule has 0 saturated carbocycles. The van der Waals surface area contributed by atoms with Gasteiger partial charge in [-0.1, -0.05) is 25.8 Å². The van der Waals surface area contributed by atoms with Crippen molar-refractivity contribution in [2.75, 3.05) is 64.8 Å². The molecule has 8 heteroatoms. The highest BCUT2D eigenvalue weighted by Crippen LogP contribution is 2.33. The summed E-state index contributed by atoms with van der Waals surface area (Å²) in [6, 6.07) is 6.22. The van der Waals surface area contributed by atoms with Crippen molar-refractivity contribution in [2.24, 2.45) is 0 Å². The molecule has 2 amide bonds. The number of nitrogens with one attached hydrogen (secondary N) is 1. The van der Waals surface area contributed by atoms with Crippen LogP contribution in [0.2, 0.25) is 0 Å². The van der Waals surface area contributed by atoms with Crippen molar-refractivity contribution in [1.29, 1.82) is 0 Å². The Morgan fingerprint density at radius 2 is 1.80 bits per heavy atom. The van der Waals surface area contributed by atoms with E-state index >= 15 is 0 Å². The molecule has 0 bridgehead atoms. The van der Waals surface area contributed by atoms with Crippen LogP contribution in [0.3, 0.4) is 0 Å². The molecule has 0 unspecified atom stereocenters. The number of likely N-dealkylation sites (tertiary alicyclic amines) is 1. The zero-order chi connectivity index (χ0) is 24.5. The molecule has 0 atom stereocenters. The minimum absolute atomic E-state index is 0.0484. The Morgan fingerprint density at radius 1 is 1.03 bits per heavy atom. The van der Waals surface area contributed by atoms with Crippen LogP contribution in [0.4, 0.5) is 9.93 Å². The van der Waals surface area contributed by atoms with Crippen LogP contribution in [0.15, 0.2) is 23.6 Å². The molecule has 0 radical (unpaired) electrons. The second kappa shape index (κ2) is 13.2. The number of amides is 2. The molecule has 0 aliphatic carbocycles. The van der Waals surface area contributed by atoms with E-state index in [2.05, 4.69) is 34.2 Å². The molecule has 192 valence electrons. The predicted molar refractivity (Wildman–Crippen MR) is 145 cm³/mol. The SMILES string of the molecule is CCCc1ccc(OC)c(-c2csc(NC(=O)N3CCCN(CCCN4CCCCC4)CC3)n2)c1. The van der Waals surface area contributed by atoms with E-state index in [0.29, 0.717) is 5.13 Å². The van der Waals surface area contributed by atoms with E-state index < -0.39 is 0 Å². The van der Waals surface area contributed by atoms with E-state index in [4.69, 9.17) is 9.72 Å². The molecule has 1 aromatic carbocycles. The fourth-order valence-electron chi connectivity index (χ4n) is 5.12. The fourth-order valence-corrected chi connectivity index (χ4v) is 5.82. The van der Waals surface area contributed by atoms with Crippen LogP contribution in [0.25, 0.3) is 11.3 Å². The van der Waals surface area contributed by atoms with Gasteiger partial charge in [0.1, 0.15) is 5.75 Å². The lowest BCUT2D eigenvalue weighted by molar-refractivity contribution is 0.200. The molecule has 4 rings (SSSR count). The van der Waals surface area contributed by atoms with Crippen molar-refractivity contribution >= 4 is 22.5 Å². The zero-order valence-corrected chi connectivity index (χ0v) is 22.2. The molecule has 0 spiro atoms. The molecule has 3 heterocycles. The molecule has 1 aromatic heterocycles. The third-order valence-electron chi connectivity index (χ3n) is 7.07. The Bertz CT molecular complexity index is 943. The highest BCUT2D eigenvalue weighted by Gasteiger charge is 2.21. The van der Waals surface area contributed by atoms with Gasteiger partial charge >= 0.3 is 6.03 Å². The average molecular weight is 500 g/mol. The van der Waals surface area contributed by atoms with Crippen LogP contribution in [-0.4, -0.2) is 85.2 Å². The number of ether oxygens (including phenoxy) is 1. The number of carbonyl (C=O) groups is 1. The van der Waals surface area contributed by atoms with Gasteiger partial charge in [-0.3, -0.25) is 5.32 Å². The maximum Gasteiger partial charge on any atom is 0.323 e. The maximum absolute atomic E-state index is 13.0. The molecule has 35 heavy (non-hydrogen) atoms. The Morgan fingerprint density at radius 3 is 2.57 bits per heavy atom. The lowest BCUT2D eigenvalue weighted by Crippen LogP contribution is -2.38. The van der Waals surface area contributed by atoms with Gasteiger partial charge in [0, 0.05) is 30.6 Å². The van der Waals surface area contributed by atoms with Crippen LogP contribution >= 0.6 is 11.3 Å². The van der Waals surface area contributed by atoms with Gasteiger partial charge in [0.2, 0.25) is 0 Å². The second-order valence-corrected chi connectivity index (χ2v) is 10.5. The third-order valence-corrected chi connectivity index (χ3v) is 7.83. The smallest absolute Gasteiger partial charge is 0.323 e. The van der Waals surface area contributed by atoms with Crippen molar-refractivity contribution in [3.8, 4) is 17.0 Å². The summed E-state index contributed by atoms with van der Waals surface area (Å²) in [7, 11) is 1.68. The monoisotopic (exact) mass is 499 g/mol. The van der Waals surface area contributed by atoms with Crippen molar-refractivity contribution < 1.29 is 9.53 Å². The summed E-state index contributed by atoms with van der Waals surface area (Å²) >= 11 is 1.47. The summed E-state index contributed by atoms with van der Waals surface area (Å²) in [4.78, 5) is 24.8. The first-order valence-corrected chi connectivity index (χ1v) is 14.2. The standard InChI is InChI=1S/C27H41N5O2S/c1-3-9-22-10-11-25(34-2)23(20-22)24-21-35-26(28-24)29-27(33)32-17-8-16-31(18-19-32)15-7-14-30-12-5-4-6-13-30/h10-11,20-21H,3-9,12-19H2,1-2H3,(H,28,29,33). The molecule has 1 N–H and O–H groups in total. The minimum Gasteiger partial charge on any atom is -0.496 e. The first-order chi connectivity index (χ1) is 17.2. The van der Waals surface area contributed by atoms with Gasteiger partial charge in [0.05, 0.1) is 12.8 Å². The molecule has 7 nitrogen and oxygen atoms in total. The molecular weight excluding hydrogens is 458 g/mol. The van der Waals surface area contributed by atoms with Crippen molar-refractivity contribution in [1.82, 2.24) is 19.7 Å². The summed E-state index contributed by atoms with van der Waals surface area (Å²) in [6.07, 6.45) is 8.45. The van der Waals surface area contributed by atoms with Gasteiger partial charge in [-0.05, 0) is 82.5 Å². The molecule has 2 aliphatic heterocycles. The Balaban J connectivity index is 1.27. The van der Waals surface area contributed by atoms with Crippen molar-refractivity contribution in [3.63, 3.8) is 0 Å². The van der Waals surface area contributed by atoms with Crippen LogP contribution in [0.5, 0.6) is 5.75 Å². The summed E-state index contributed by atoms with van der Waals surface area (Å²) in [5, 5.41) is 5.67. The topological polar surface area (TPSA) is 60.9 Å².